The highest BCUT2D eigenvalue weighted by molar-refractivity contribution is 7.94. The van der Waals surface area contributed by atoms with Gasteiger partial charge in [-0.1, -0.05) is 32.0 Å². The van der Waals surface area contributed by atoms with E-state index >= 15 is 0 Å². The standard InChI is InChI=1S/C14H17NO5S/c1-10(2)13(14(17)18)15-12(16)8-9-21(19,20)11-6-4-3-5-7-11/h3-10,13H,1-2H3,(H,15,16)(H,17,18)/b9-8+/t13-/m0/s1. The fourth-order valence-corrected chi connectivity index (χ4v) is 2.55. The minimum atomic E-state index is -3.72. The number of nitrogens with one attached hydrogen (secondary N) is 1. The van der Waals surface area contributed by atoms with E-state index in [0.29, 0.717) is 0 Å². The monoisotopic (exact) mass is 311 g/mol. The molecule has 0 aliphatic carbocycles. The molecular weight excluding hydrogens is 294 g/mol. The Morgan fingerprint density at radius 1 is 1.19 bits per heavy atom. The van der Waals surface area contributed by atoms with Crippen molar-refractivity contribution >= 4 is 21.7 Å². The molecule has 0 bridgehead atoms. The molecule has 0 aliphatic heterocycles. The number of benzene rings is 1. The quantitative estimate of drug-likeness (QED) is 0.769. The van der Waals surface area contributed by atoms with Gasteiger partial charge < -0.3 is 10.4 Å². The Bertz CT molecular complexity index is 635. The van der Waals surface area contributed by atoms with Crippen LogP contribution in [0.15, 0.2) is 46.7 Å². The summed E-state index contributed by atoms with van der Waals surface area (Å²) in [5, 5.41) is 12.0. The first-order chi connectivity index (χ1) is 9.74. The molecule has 1 atom stereocenters. The van der Waals surface area contributed by atoms with Crippen LogP contribution in [0.2, 0.25) is 0 Å². The van der Waals surface area contributed by atoms with E-state index in [1.165, 1.54) is 12.1 Å². The molecule has 6 nitrogen and oxygen atoms in total. The number of carbonyl (C=O) groups excluding carboxylic acids is 1. The third-order valence-corrected chi connectivity index (χ3v) is 4.12. The molecule has 21 heavy (non-hydrogen) atoms. The first-order valence-electron chi connectivity index (χ1n) is 6.25. The van der Waals surface area contributed by atoms with Crippen molar-refractivity contribution < 1.29 is 23.1 Å². The predicted molar refractivity (Wildman–Crippen MR) is 77.2 cm³/mol. The molecule has 0 unspecified atom stereocenters. The first-order valence-corrected chi connectivity index (χ1v) is 7.80. The maximum Gasteiger partial charge on any atom is 0.326 e. The van der Waals surface area contributed by atoms with Gasteiger partial charge in [-0.3, -0.25) is 4.79 Å². The van der Waals surface area contributed by atoms with Crippen molar-refractivity contribution in [1.29, 1.82) is 0 Å². The second-order valence-electron chi connectivity index (χ2n) is 4.73. The molecule has 0 aromatic heterocycles. The van der Waals surface area contributed by atoms with E-state index in [1.807, 2.05) is 0 Å². The van der Waals surface area contributed by atoms with Crippen LogP contribution in [0, 0.1) is 5.92 Å². The summed E-state index contributed by atoms with van der Waals surface area (Å²) in [7, 11) is -3.72. The fraction of sp³-hybridized carbons (Fsp3) is 0.286. The summed E-state index contributed by atoms with van der Waals surface area (Å²) in [6.45, 7) is 3.28. The smallest absolute Gasteiger partial charge is 0.326 e. The number of hydrogen-bond acceptors (Lipinski definition) is 4. The summed E-state index contributed by atoms with van der Waals surface area (Å²) in [6, 6.07) is 6.56. The minimum Gasteiger partial charge on any atom is -0.480 e. The second kappa shape index (κ2) is 7.03. The first kappa shape index (κ1) is 16.9. The number of hydrogen-bond donors (Lipinski definition) is 2. The Hall–Kier alpha value is -2.15. The molecule has 1 rings (SSSR count). The van der Waals surface area contributed by atoms with Gasteiger partial charge in [-0.2, -0.15) is 0 Å². The van der Waals surface area contributed by atoms with Gasteiger partial charge in [0.1, 0.15) is 6.04 Å². The van der Waals surface area contributed by atoms with E-state index < -0.39 is 27.8 Å². The number of aliphatic carboxylic acids is 1. The predicted octanol–water partition coefficient (Wildman–Crippen LogP) is 1.20. The van der Waals surface area contributed by atoms with E-state index in [2.05, 4.69) is 5.32 Å². The Kier molecular flexibility index (Phi) is 5.66. The molecule has 7 heteroatoms. The van der Waals surface area contributed by atoms with Gasteiger partial charge in [-0.15, -0.1) is 0 Å². The summed E-state index contributed by atoms with van der Waals surface area (Å²) < 4.78 is 23.8. The van der Waals surface area contributed by atoms with Gasteiger partial charge in [-0.05, 0) is 18.1 Å². The lowest BCUT2D eigenvalue weighted by atomic mass is 10.1. The van der Waals surface area contributed by atoms with Crippen molar-refractivity contribution in [3.05, 3.63) is 41.8 Å². The molecule has 2 N–H and O–H groups in total. The fourth-order valence-electron chi connectivity index (χ4n) is 1.56. The van der Waals surface area contributed by atoms with Crippen LogP contribution in [0.3, 0.4) is 0 Å². The number of amides is 1. The van der Waals surface area contributed by atoms with Gasteiger partial charge in [0.05, 0.1) is 4.90 Å². The van der Waals surface area contributed by atoms with Gasteiger partial charge >= 0.3 is 5.97 Å². The van der Waals surface area contributed by atoms with E-state index in [0.717, 1.165) is 11.5 Å². The van der Waals surface area contributed by atoms with E-state index in [-0.39, 0.29) is 10.8 Å². The summed E-state index contributed by atoms with van der Waals surface area (Å²) >= 11 is 0. The number of rotatable bonds is 6. The maximum atomic E-state index is 11.9. The minimum absolute atomic E-state index is 0.0627. The molecule has 1 aromatic carbocycles. The van der Waals surface area contributed by atoms with Crippen LogP contribution in [-0.4, -0.2) is 31.4 Å². The van der Waals surface area contributed by atoms with Crippen molar-refractivity contribution in [2.24, 2.45) is 5.92 Å². The lowest BCUT2D eigenvalue weighted by Gasteiger charge is -2.16. The van der Waals surface area contributed by atoms with Gasteiger partial charge in [0, 0.05) is 11.5 Å². The number of carboxylic acid groups (broad SMARTS) is 1. The van der Waals surface area contributed by atoms with Crippen LogP contribution < -0.4 is 5.32 Å². The molecule has 0 fully saturated rings. The highest BCUT2D eigenvalue weighted by Gasteiger charge is 2.22. The maximum absolute atomic E-state index is 11.9. The van der Waals surface area contributed by atoms with Crippen LogP contribution in [0.4, 0.5) is 0 Å². The van der Waals surface area contributed by atoms with E-state index in [4.69, 9.17) is 5.11 Å². The molecule has 1 amide bonds. The van der Waals surface area contributed by atoms with Gasteiger partial charge in [0.2, 0.25) is 5.91 Å². The van der Waals surface area contributed by atoms with Crippen LogP contribution in [-0.2, 0) is 19.4 Å². The lowest BCUT2D eigenvalue weighted by Crippen LogP contribution is -2.43. The van der Waals surface area contributed by atoms with Crippen molar-refractivity contribution in [2.75, 3.05) is 0 Å². The lowest BCUT2D eigenvalue weighted by molar-refractivity contribution is -0.142. The van der Waals surface area contributed by atoms with Crippen LogP contribution in [0.1, 0.15) is 13.8 Å². The number of carboxylic acids is 1. The molecule has 114 valence electrons. The van der Waals surface area contributed by atoms with Crippen molar-refractivity contribution in [3.8, 4) is 0 Å². The van der Waals surface area contributed by atoms with E-state index in [1.54, 1.807) is 32.0 Å². The largest absolute Gasteiger partial charge is 0.480 e. The van der Waals surface area contributed by atoms with Crippen LogP contribution in [0.5, 0.6) is 0 Å². The SMILES string of the molecule is CC(C)[C@H](NC(=O)/C=C/S(=O)(=O)c1ccccc1)C(=O)O. The zero-order valence-corrected chi connectivity index (χ0v) is 12.5. The molecule has 0 aliphatic rings. The molecule has 1 aromatic rings. The molecule has 0 saturated carbocycles. The zero-order valence-electron chi connectivity index (χ0n) is 11.7. The number of sulfone groups is 1. The Labute approximate surface area is 123 Å². The molecule has 0 spiro atoms. The van der Waals surface area contributed by atoms with Crippen molar-refractivity contribution in [2.45, 2.75) is 24.8 Å². The van der Waals surface area contributed by atoms with Gasteiger partial charge in [0.15, 0.2) is 9.84 Å². The number of carbonyl (C=O) groups is 2. The zero-order chi connectivity index (χ0) is 16.0. The highest BCUT2D eigenvalue weighted by Crippen LogP contribution is 2.11. The van der Waals surface area contributed by atoms with Crippen LogP contribution in [0.25, 0.3) is 0 Å². The van der Waals surface area contributed by atoms with E-state index in [9.17, 15) is 18.0 Å². The molecule has 0 radical (unpaired) electrons. The van der Waals surface area contributed by atoms with Crippen molar-refractivity contribution in [3.63, 3.8) is 0 Å². The third kappa shape index (κ3) is 5.03. The van der Waals surface area contributed by atoms with Gasteiger partial charge in [-0.25, -0.2) is 13.2 Å². The Balaban J connectivity index is 2.81. The summed E-state index contributed by atoms with van der Waals surface area (Å²) in [4.78, 5) is 22.6. The summed E-state index contributed by atoms with van der Waals surface area (Å²) in [5.41, 5.74) is 0. The van der Waals surface area contributed by atoms with Gasteiger partial charge in [0.25, 0.3) is 0 Å². The molecular formula is C14H17NO5S. The van der Waals surface area contributed by atoms with Crippen molar-refractivity contribution in [1.82, 2.24) is 5.32 Å². The average molecular weight is 311 g/mol. The summed E-state index contributed by atoms with van der Waals surface area (Å²) in [6.07, 6.45) is 0.820. The second-order valence-corrected chi connectivity index (χ2v) is 6.56. The highest BCUT2D eigenvalue weighted by atomic mass is 32.2. The Morgan fingerprint density at radius 2 is 1.76 bits per heavy atom. The molecule has 0 saturated heterocycles. The van der Waals surface area contributed by atoms with Crippen LogP contribution >= 0.6 is 0 Å². The Morgan fingerprint density at radius 3 is 2.24 bits per heavy atom. The normalized spacial score (nSPS) is 13.3. The third-order valence-electron chi connectivity index (χ3n) is 2.70. The summed E-state index contributed by atoms with van der Waals surface area (Å²) in [5.74, 6) is -2.25. The topological polar surface area (TPSA) is 101 Å². The molecule has 0 heterocycles. The average Bonchev–Trinajstić information content (AvgIpc) is 2.43.